The summed E-state index contributed by atoms with van der Waals surface area (Å²) in [5.74, 6) is 0.230. The Balaban J connectivity index is 1.80. The fraction of sp³-hybridized carbons (Fsp3) is 0.176. The third-order valence-corrected chi connectivity index (χ3v) is 4.80. The van der Waals surface area contributed by atoms with Crippen molar-refractivity contribution in [1.82, 2.24) is 15.3 Å². The van der Waals surface area contributed by atoms with Crippen molar-refractivity contribution in [3.05, 3.63) is 58.9 Å². The number of hydrogen-bond donors (Lipinski definition) is 3. The number of rotatable bonds is 4. The number of primary sulfonamides is 1. The number of fused-ring (bicyclic) bond motifs is 1. The van der Waals surface area contributed by atoms with Gasteiger partial charge in [-0.05, 0) is 49.2 Å². The van der Waals surface area contributed by atoms with E-state index in [-0.39, 0.29) is 22.9 Å². The topological polar surface area (TPSA) is 118 Å². The molecule has 4 N–H and O–H groups in total. The monoisotopic (exact) mass is 358 g/mol. The van der Waals surface area contributed by atoms with Crippen LogP contribution in [0, 0.1) is 13.8 Å². The molecule has 0 saturated heterocycles. The Labute approximate surface area is 145 Å². The van der Waals surface area contributed by atoms with Crippen molar-refractivity contribution in [3.63, 3.8) is 0 Å². The normalized spacial score (nSPS) is 11.6. The number of aromatic amines is 1. The number of sulfonamides is 1. The zero-order chi connectivity index (χ0) is 18.2. The highest BCUT2D eigenvalue weighted by Crippen LogP contribution is 2.16. The largest absolute Gasteiger partial charge is 0.345 e. The van der Waals surface area contributed by atoms with Gasteiger partial charge >= 0.3 is 0 Å². The second-order valence-electron chi connectivity index (χ2n) is 5.91. The Morgan fingerprint density at radius 3 is 2.68 bits per heavy atom. The Hall–Kier alpha value is -2.71. The first kappa shape index (κ1) is 17.1. The zero-order valence-electron chi connectivity index (χ0n) is 13.8. The average Bonchev–Trinajstić information content (AvgIpc) is 2.93. The number of hydrogen-bond acceptors (Lipinski definition) is 4. The van der Waals surface area contributed by atoms with Gasteiger partial charge < -0.3 is 10.3 Å². The highest BCUT2D eigenvalue weighted by Gasteiger charge is 2.15. The van der Waals surface area contributed by atoms with Gasteiger partial charge in [-0.15, -0.1) is 0 Å². The van der Waals surface area contributed by atoms with E-state index in [1.54, 1.807) is 13.0 Å². The number of H-pyrrole nitrogens is 1. The summed E-state index contributed by atoms with van der Waals surface area (Å²) in [6, 6.07) is 10.1. The average molecular weight is 358 g/mol. The minimum absolute atomic E-state index is 0.0949. The van der Waals surface area contributed by atoms with E-state index >= 15 is 0 Å². The van der Waals surface area contributed by atoms with Gasteiger partial charge in [0, 0.05) is 5.56 Å². The number of benzene rings is 2. The van der Waals surface area contributed by atoms with Crippen LogP contribution in [-0.2, 0) is 16.6 Å². The van der Waals surface area contributed by atoms with E-state index in [0.717, 1.165) is 16.6 Å². The molecule has 0 atom stereocenters. The SMILES string of the molecule is Cc1ccc2nc(CNC(=O)c3cc(S(N)(=O)=O)ccc3C)[nH]c2c1. The number of carbonyl (C=O) groups excluding carboxylic acids is 1. The molecule has 3 aromatic rings. The van der Waals surface area contributed by atoms with Crippen LogP contribution in [-0.4, -0.2) is 24.3 Å². The van der Waals surface area contributed by atoms with Gasteiger partial charge in [0.2, 0.25) is 10.0 Å². The lowest BCUT2D eigenvalue weighted by Crippen LogP contribution is -2.25. The predicted molar refractivity (Wildman–Crippen MR) is 94.6 cm³/mol. The number of nitrogens with zero attached hydrogens (tertiary/aromatic N) is 1. The predicted octanol–water partition coefficient (Wildman–Crippen LogP) is 1.76. The van der Waals surface area contributed by atoms with Gasteiger partial charge in [-0.2, -0.15) is 0 Å². The summed E-state index contributed by atoms with van der Waals surface area (Å²) in [6.45, 7) is 3.92. The first-order chi connectivity index (χ1) is 11.7. The Morgan fingerprint density at radius 2 is 1.96 bits per heavy atom. The van der Waals surface area contributed by atoms with Gasteiger partial charge in [-0.3, -0.25) is 4.79 Å². The molecule has 0 aliphatic heterocycles. The van der Waals surface area contributed by atoms with Crippen LogP contribution < -0.4 is 10.5 Å². The van der Waals surface area contributed by atoms with E-state index in [0.29, 0.717) is 11.4 Å². The maximum absolute atomic E-state index is 12.4. The molecule has 0 aliphatic rings. The van der Waals surface area contributed by atoms with E-state index in [4.69, 9.17) is 5.14 Å². The molecule has 0 spiro atoms. The number of nitrogens with two attached hydrogens (primary N) is 1. The second kappa shape index (κ2) is 6.30. The molecule has 0 saturated carbocycles. The molecular weight excluding hydrogens is 340 g/mol. The summed E-state index contributed by atoms with van der Waals surface area (Å²) in [4.78, 5) is 19.9. The van der Waals surface area contributed by atoms with Crippen LogP contribution >= 0.6 is 0 Å². The van der Waals surface area contributed by atoms with Crippen LogP contribution in [0.15, 0.2) is 41.3 Å². The Kier molecular flexibility index (Phi) is 4.32. The molecular formula is C17H18N4O3S. The summed E-state index contributed by atoms with van der Waals surface area (Å²) in [5, 5.41) is 7.86. The standard InChI is InChI=1S/C17H18N4O3S/c1-10-3-6-14-15(7-10)21-16(20-14)9-19-17(22)13-8-12(25(18,23)24)5-4-11(13)2/h3-8H,9H2,1-2H3,(H,19,22)(H,20,21)(H2,18,23,24). The third-order valence-electron chi connectivity index (χ3n) is 3.89. The van der Waals surface area contributed by atoms with Crippen LogP contribution in [0.4, 0.5) is 0 Å². The molecule has 0 fully saturated rings. The third kappa shape index (κ3) is 3.70. The molecule has 7 nitrogen and oxygen atoms in total. The number of aromatic nitrogens is 2. The number of imidazole rings is 1. The molecule has 8 heteroatoms. The molecule has 1 heterocycles. The Bertz CT molecular complexity index is 1070. The minimum Gasteiger partial charge on any atom is -0.345 e. The summed E-state index contributed by atoms with van der Waals surface area (Å²) in [5.41, 5.74) is 3.75. The van der Waals surface area contributed by atoms with E-state index in [2.05, 4.69) is 15.3 Å². The smallest absolute Gasteiger partial charge is 0.251 e. The lowest BCUT2D eigenvalue weighted by Gasteiger charge is -2.08. The fourth-order valence-corrected chi connectivity index (χ4v) is 3.08. The quantitative estimate of drug-likeness (QED) is 0.658. The van der Waals surface area contributed by atoms with Crippen LogP contribution in [0.25, 0.3) is 11.0 Å². The van der Waals surface area contributed by atoms with Crippen LogP contribution in [0.3, 0.4) is 0 Å². The van der Waals surface area contributed by atoms with Crippen molar-refractivity contribution in [2.45, 2.75) is 25.3 Å². The van der Waals surface area contributed by atoms with Gasteiger partial charge in [0.1, 0.15) is 5.82 Å². The van der Waals surface area contributed by atoms with Crippen LogP contribution in [0.1, 0.15) is 27.3 Å². The fourth-order valence-electron chi connectivity index (χ4n) is 2.54. The molecule has 3 rings (SSSR count). The molecule has 0 aliphatic carbocycles. The molecule has 1 amide bonds. The maximum atomic E-state index is 12.4. The van der Waals surface area contributed by atoms with Gasteiger partial charge in [-0.1, -0.05) is 12.1 Å². The molecule has 0 radical (unpaired) electrons. The lowest BCUT2D eigenvalue weighted by molar-refractivity contribution is 0.0949. The highest BCUT2D eigenvalue weighted by molar-refractivity contribution is 7.89. The van der Waals surface area contributed by atoms with E-state index in [1.807, 2.05) is 25.1 Å². The van der Waals surface area contributed by atoms with Crippen molar-refractivity contribution in [2.75, 3.05) is 0 Å². The van der Waals surface area contributed by atoms with E-state index < -0.39 is 10.0 Å². The van der Waals surface area contributed by atoms with Crippen molar-refractivity contribution >= 4 is 27.0 Å². The van der Waals surface area contributed by atoms with E-state index in [9.17, 15) is 13.2 Å². The van der Waals surface area contributed by atoms with Gasteiger partial charge in [0.15, 0.2) is 0 Å². The van der Waals surface area contributed by atoms with Gasteiger partial charge in [0.25, 0.3) is 5.91 Å². The summed E-state index contributed by atoms with van der Waals surface area (Å²) in [7, 11) is -3.86. The first-order valence-corrected chi connectivity index (χ1v) is 9.15. The number of nitrogens with one attached hydrogen (secondary N) is 2. The van der Waals surface area contributed by atoms with Crippen molar-refractivity contribution < 1.29 is 13.2 Å². The van der Waals surface area contributed by atoms with Crippen molar-refractivity contribution in [3.8, 4) is 0 Å². The molecule has 2 aromatic carbocycles. The molecule has 1 aromatic heterocycles. The number of amides is 1. The Morgan fingerprint density at radius 1 is 1.20 bits per heavy atom. The van der Waals surface area contributed by atoms with Gasteiger partial charge in [-0.25, -0.2) is 18.5 Å². The highest BCUT2D eigenvalue weighted by atomic mass is 32.2. The molecule has 0 bridgehead atoms. The first-order valence-electron chi connectivity index (χ1n) is 7.61. The minimum atomic E-state index is -3.86. The molecule has 0 unspecified atom stereocenters. The molecule has 25 heavy (non-hydrogen) atoms. The zero-order valence-corrected chi connectivity index (χ0v) is 14.6. The number of carbonyl (C=O) groups is 1. The lowest BCUT2D eigenvalue weighted by atomic mass is 10.1. The number of aryl methyl sites for hydroxylation is 2. The summed E-state index contributed by atoms with van der Waals surface area (Å²) in [6.07, 6.45) is 0. The van der Waals surface area contributed by atoms with Crippen LogP contribution in [0.5, 0.6) is 0 Å². The van der Waals surface area contributed by atoms with Crippen molar-refractivity contribution in [2.24, 2.45) is 5.14 Å². The maximum Gasteiger partial charge on any atom is 0.251 e. The van der Waals surface area contributed by atoms with E-state index in [1.165, 1.54) is 12.1 Å². The molecule has 130 valence electrons. The van der Waals surface area contributed by atoms with Crippen molar-refractivity contribution in [1.29, 1.82) is 0 Å². The second-order valence-corrected chi connectivity index (χ2v) is 7.47. The van der Waals surface area contributed by atoms with Crippen LogP contribution in [0.2, 0.25) is 0 Å². The van der Waals surface area contributed by atoms with Gasteiger partial charge in [0.05, 0.1) is 22.5 Å². The summed E-state index contributed by atoms with van der Waals surface area (Å²) >= 11 is 0. The summed E-state index contributed by atoms with van der Waals surface area (Å²) < 4.78 is 22.9.